The zero-order chi connectivity index (χ0) is 26.1. The van der Waals surface area contributed by atoms with Crippen LogP contribution in [0.25, 0.3) is 10.9 Å². The Hall–Kier alpha value is -3.61. The predicted octanol–water partition coefficient (Wildman–Crippen LogP) is 6.01. The number of carboxylic acid groups (broad SMARTS) is 1. The zero-order valence-electron chi connectivity index (χ0n) is 21.5. The number of aromatic nitrogens is 1. The summed E-state index contributed by atoms with van der Waals surface area (Å²) in [6, 6.07) is 15.5. The monoisotopic (exact) mass is 492 g/mol. The van der Waals surface area contributed by atoms with Gasteiger partial charge in [0.1, 0.15) is 5.75 Å². The summed E-state index contributed by atoms with van der Waals surface area (Å²) >= 11 is 0. The van der Waals surface area contributed by atoms with Crippen molar-refractivity contribution in [2.24, 2.45) is 0 Å². The molecule has 0 spiro atoms. The van der Waals surface area contributed by atoms with Crippen LogP contribution < -0.4 is 9.64 Å². The van der Waals surface area contributed by atoms with E-state index in [1.807, 2.05) is 55.5 Å². The van der Waals surface area contributed by atoms with Crippen LogP contribution in [-0.4, -0.2) is 41.1 Å². The number of rotatable bonds is 13. The van der Waals surface area contributed by atoms with Crippen LogP contribution in [0.4, 0.5) is 5.69 Å². The number of fused-ring (bicyclic) bond motifs is 1. The van der Waals surface area contributed by atoms with Crippen molar-refractivity contribution in [3.05, 3.63) is 59.8 Å². The molecule has 0 aliphatic heterocycles. The van der Waals surface area contributed by atoms with E-state index >= 15 is 0 Å². The highest BCUT2D eigenvalue weighted by molar-refractivity contribution is 6.08. The Morgan fingerprint density at radius 2 is 1.64 bits per heavy atom. The number of aliphatic carboxylic acids is 1. The molecule has 0 atom stereocenters. The molecule has 1 N–H and O–H groups in total. The van der Waals surface area contributed by atoms with Gasteiger partial charge in [-0.05, 0) is 49.9 Å². The van der Waals surface area contributed by atoms with Crippen molar-refractivity contribution in [2.45, 2.75) is 65.2 Å². The van der Waals surface area contributed by atoms with Gasteiger partial charge in [-0.25, -0.2) is 0 Å². The van der Waals surface area contributed by atoms with E-state index in [1.165, 1.54) is 0 Å². The average molecular weight is 493 g/mol. The lowest BCUT2D eigenvalue weighted by atomic mass is 10.1. The van der Waals surface area contributed by atoms with Gasteiger partial charge in [-0.15, -0.1) is 0 Å². The lowest BCUT2D eigenvalue weighted by Gasteiger charge is -2.22. The molecule has 0 saturated carbocycles. The molecule has 192 valence electrons. The van der Waals surface area contributed by atoms with Crippen LogP contribution in [0.15, 0.2) is 48.5 Å². The van der Waals surface area contributed by atoms with E-state index in [0.29, 0.717) is 31.6 Å². The fourth-order valence-electron chi connectivity index (χ4n) is 4.68. The first kappa shape index (κ1) is 27.0. The van der Waals surface area contributed by atoms with Gasteiger partial charge in [0.2, 0.25) is 11.8 Å². The summed E-state index contributed by atoms with van der Waals surface area (Å²) in [4.78, 5) is 38.6. The fraction of sp³-hybridized carbons (Fsp3) is 0.414. The molecular formula is C29H36N2O5. The van der Waals surface area contributed by atoms with Crippen molar-refractivity contribution < 1.29 is 24.2 Å². The Morgan fingerprint density at radius 3 is 2.31 bits per heavy atom. The van der Waals surface area contributed by atoms with Crippen LogP contribution in [0.2, 0.25) is 0 Å². The molecule has 0 fully saturated rings. The van der Waals surface area contributed by atoms with Gasteiger partial charge in [0.15, 0.2) is 0 Å². The molecule has 0 unspecified atom stereocenters. The molecular weight excluding hydrogens is 456 g/mol. The van der Waals surface area contributed by atoms with E-state index in [9.17, 15) is 14.4 Å². The average Bonchev–Trinajstić information content (AvgIpc) is 3.15. The summed E-state index contributed by atoms with van der Waals surface area (Å²) in [5.41, 5.74) is 3.36. The Kier molecular flexibility index (Phi) is 9.68. The molecule has 3 aromatic rings. The first-order valence-corrected chi connectivity index (χ1v) is 12.6. The number of ether oxygens (including phenoxy) is 1. The Balaban J connectivity index is 1.84. The van der Waals surface area contributed by atoms with E-state index in [0.717, 1.165) is 53.5 Å². The number of carbonyl (C=O) groups is 3. The lowest BCUT2D eigenvalue weighted by molar-refractivity contribution is -0.137. The summed E-state index contributed by atoms with van der Waals surface area (Å²) < 4.78 is 7.18. The molecule has 36 heavy (non-hydrogen) atoms. The van der Waals surface area contributed by atoms with Crippen molar-refractivity contribution in [3.63, 3.8) is 0 Å². The van der Waals surface area contributed by atoms with Gasteiger partial charge in [0.25, 0.3) is 0 Å². The van der Waals surface area contributed by atoms with Crippen molar-refractivity contribution in [1.82, 2.24) is 4.57 Å². The highest BCUT2D eigenvalue weighted by Gasteiger charge is 2.25. The molecule has 0 bridgehead atoms. The lowest BCUT2D eigenvalue weighted by Crippen LogP contribution is -2.30. The molecule has 7 nitrogen and oxygen atoms in total. The van der Waals surface area contributed by atoms with Gasteiger partial charge >= 0.3 is 5.97 Å². The third-order valence-corrected chi connectivity index (χ3v) is 6.52. The zero-order valence-corrected chi connectivity index (χ0v) is 21.5. The van der Waals surface area contributed by atoms with Crippen molar-refractivity contribution in [1.29, 1.82) is 0 Å². The van der Waals surface area contributed by atoms with Crippen molar-refractivity contribution in [3.8, 4) is 5.75 Å². The molecule has 1 heterocycles. The van der Waals surface area contributed by atoms with Gasteiger partial charge in [-0.3, -0.25) is 19.0 Å². The maximum absolute atomic E-state index is 13.4. The second-order valence-electron chi connectivity index (χ2n) is 9.11. The first-order valence-electron chi connectivity index (χ1n) is 12.6. The van der Waals surface area contributed by atoms with Crippen LogP contribution in [0.1, 0.15) is 67.9 Å². The number of anilines is 1. The molecule has 0 aliphatic rings. The molecule has 1 aromatic heterocycles. The topological polar surface area (TPSA) is 88.8 Å². The maximum atomic E-state index is 13.4. The van der Waals surface area contributed by atoms with Gasteiger partial charge < -0.3 is 14.7 Å². The number of benzene rings is 2. The van der Waals surface area contributed by atoms with Crippen LogP contribution in [0.3, 0.4) is 0 Å². The number of carboxylic acids is 1. The number of carbonyl (C=O) groups excluding carboxylic acids is 2. The predicted molar refractivity (Wildman–Crippen MR) is 142 cm³/mol. The van der Waals surface area contributed by atoms with Gasteiger partial charge in [-0.1, -0.05) is 49.6 Å². The summed E-state index contributed by atoms with van der Waals surface area (Å²) in [5, 5.41) is 9.60. The SMILES string of the molecule is COc1ccc2c(c1)c(N(CCCCCCCC(=O)O)C(C)=O)c(C)n2C(=O)CCc1ccccc1. The van der Waals surface area contributed by atoms with Crippen LogP contribution in [0, 0.1) is 6.92 Å². The minimum absolute atomic E-state index is 0.0142. The Labute approximate surface area is 212 Å². The Bertz CT molecular complexity index is 1200. The maximum Gasteiger partial charge on any atom is 0.303 e. The first-order chi connectivity index (χ1) is 17.3. The molecule has 3 rings (SSSR count). The number of hydrogen-bond donors (Lipinski definition) is 1. The standard InChI is InChI=1S/C29H36N2O5/c1-21-29(30(22(2)32)19-11-6-4-5-10-14-28(34)35)25-20-24(36-3)16-17-26(25)31(21)27(33)18-15-23-12-8-7-9-13-23/h7-9,12-13,16-17,20H,4-6,10-11,14-15,18-19H2,1-3H3,(H,34,35). The molecule has 0 saturated heterocycles. The third kappa shape index (κ3) is 6.74. The van der Waals surface area contributed by atoms with E-state index in [-0.39, 0.29) is 18.2 Å². The minimum Gasteiger partial charge on any atom is -0.497 e. The van der Waals surface area contributed by atoms with Gasteiger partial charge in [0, 0.05) is 37.4 Å². The largest absolute Gasteiger partial charge is 0.497 e. The van der Waals surface area contributed by atoms with E-state index in [1.54, 1.807) is 23.5 Å². The van der Waals surface area contributed by atoms with Gasteiger partial charge in [0.05, 0.1) is 18.3 Å². The summed E-state index contributed by atoms with van der Waals surface area (Å²) in [5.74, 6) is -0.194. The fourth-order valence-corrected chi connectivity index (χ4v) is 4.68. The van der Waals surface area contributed by atoms with E-state index < -0.39 is 5.97 Å². The van der Waals surface area contributed by atoms with Gasteiger partial charge in [-0.2, -0.15) is 0 Å². The molecule has 2 aromatic carbocycles. The third-order valence-electron chi connectivity index (χ3n) is 6.52. The van der Waals surface area contributed by atoms with Crippen molar-refractivity contribution >= 4 is 34.4 Å². The molecule has 0 aliphatic carbocycles. The molecule has 0 radical (unpaired) electrons. The van der Waals surface area contributed by atoms with E-state index in [4.69, 9.17) is 9.84 Å². The second-order valence-corrected chi connectivity index (χ2v) is 9.11. The van der Waals surface area contributed by atoms with Crippen LogP contribution in [-0.2, 0) is 16.0 Å². The number of aryl methyl sites for hydroxylation is 1. The Morgan fingerprint density at radius 1 is 0.944 bits per heavy atom. The van der Waals surface area contributed by atoms with Crippen molar-refractivity contribution in [2.75, 3.05) is 18.6 Å². The summed E-state index contributed by atoms with van der Waals surface area (Å²) in [7, 11) is 1.60. The highest BCUT2D eigenvalue weighted by Crippen LogP contribution is 2.36. The number of nitrogens with zero attached hydrogens (tertiary/aromatic N) is 2. The number of unbranched alkanes of at least 4 members (excludes halogenated alkanes) is 4. The number of amides is 1. The van der Waals surface area contributed by atoms with Crippen LogP contribution >= 0.6 is 0 Å². The minimum atomic E-state index is -0.765. The molecule has 1 amide bonds. The highest BCUT2D eigenvalue weighted by atomic mass is 16.5. The van der Waals surface area contributed by atoms with Crippen LogP contribution in [0.5, 0.6) is 5.75 Å². The van der Waals surface area contributed by atoms with E-state index in [2.05, 4.69) is 0 Å². The second kappa shape index (κ2) is 12.9. The normalized spacial score (nSPS) is 11.0. The quantitative estimate of drug-likeness (QED) is 0.295. The summed E-state index contributed by atoms with van der Waals surface area (Å²) in [6.07, 6.45) is 5.34. The number of hydrogen-bond acceptors (Lipinski definition) is 4. The number of methoxy groups -OCH3 is 1. The smallest absolute Gasteiger partial charge is 0.303 e. The molecule has 7 heteroatoms. The summed E-state index contributed by atoms with van der Waals surface area (Å²) in [6.45, 7) is 3.97.